The molecule has 2 rings (SSSR count). The average molecular weight is 254 g/mol. The topological polar surface area (TPSA) is 37.8 Å². The minimum atomic E-state index is 0.255. The maximum absolute atomic E-state index is 5.86. The Bertz CT molecular complexity index is 427. The summed E-state index contributed by atoms with van der Waals surface area (Å²) in [5, 5.41) is 12.7. The lowest BCUT2D eigenvalue weighted by Gasteiger charge is -2.16. The summed E-state index contributed by atoms with van der Waals surface area (Å²) < 4.78 is 0. The normalized spacial score (nSPS) is 12.4. The van der Waals surface area contributed by atoms with E-state index in [-0.39, 0.29) is 6.04 Å². The van der Waals surface area contributed by atoms with Gasteiger partial charge < -0.3 is 5.32 Å². The van der Waals surface area contributed by atoms with Crippen molar-refractivity contribution in [2.75, 3.05) is 5.32 Å². The molecular weight excluding hydrogens is 242 g/mol. The quantitative estimate of drug-likeness (QED) is 0.902. The highest BCUT2D eigenvalue weighted by Gasteiger charge is 2.10. The Hall–Kier alpha value is -1.13. The van der Waals surface area contributed by atoms with Crippen molar-refractivity contribution in [3.05, 3.63) is 40.4 Å². The van der Waals surface area contributed by atoms with E-state index < -0.39 is 0 Å². The Balaban J connectivity index is 2.13. The first-order valence-electron chi connectivity index (χ1n) is 5.07. The van der Waals surface area contributed by atoms with Gasteiger partial charge in [0.2, 0.25) is 5.13 Å². The molecule has 1 aromatic heterocycles. The number of aromatic nitrogens is 2. The number of benzene rings is 1. The van der Waals surface area contributed by atoms with Crippen molar-refractivity contribution < 1.29 is 0 Å². The van der Waals surface area contributed by atoms with Gasteiger partial charge in [0.05, 0.1) is 6.04 Å². The molecule has 3 nitrogen and oxygen atoms in total. The second-order valence-corrected chi connectivity index (χ2v) is 4.67. The number of halogens is 1. The van der Waals surface area contributed by atoms with E-state index in [1.807, 2.05) is 24.3 Å². The fourth-order valence-electron chi connectivity index (χ4n) is 1.50. The van der Waals surface area contributed by atoms with Gasteiger partial charge in [0.15, 0.2) is 0 Å². The molecule has 1 N–H and O–H groups in total. The monoisotopic (exact) mass is 253 g/mol. The van der Waals surface area contributed by atoms with Crippen molar-refractivity contribution in [2.24, 2.45) is 0 Å². The van der Waals surface area contributed by atoms with Crippen LogP contribution in [-0.2, 0) is 0 Å². The summed E-state index contributed by atoms with van der Waals surface area (Å²) in [5.74, 6) is 0. The molecule has 0 spiro atoms. The molecule has 0 aliphatic heterocycles. The lowest BCUT2D eigenvalue weighted by atomic mass is 10.1. The molecule has 0 amide bonds. The van der Waals surface area contributed by atoms with Gasteiger partial charge in [-0.15, -0.1) is 10.2 Å². The minimum absolute atomic E-state index is 0.255. The first kappa shape index (κ1) is 11.4. The Morgan fingerprint density at radius 1 is 1.38 bits per heavy atom. The summed E-state index contributed by atoms with van der Waals surface area (Å²) in [5.41, 5.74) is 2.93. The molecule has 0 fully saturated rings. The zero-order valence-electron chi connectivity index (χ0n) is 8.85. The second-order valence-electron chi connectivity index (χ2n) is 3.40. The number of anilines is 1. The molecule has 1 unspecified atom stereocenters. The van der Waals surface area contributed by atoms with E-state index in [1.54, 1.807) is 5.51 Å². The highest BCUT2D eigenvalue weighted by atomic mass is 35.5. The molecular formula is C11H12ClN3S. The van der Waals surface area contributed by atoms with E-state index in [0.29, 0.717) is 0 Å². The Labute approximate surface area is 103 Å². The van der Waals surface area contributed by atoms with Crippen molar-refractivity contribution in [1.82, 2.24) is 10.2 Å². The number of rotatable bonds is 4. The fraction of sp³-hybridized carbons (Fsp3) is 0.273. The molecule has 0 aliphatic rings. The van der Waals surface area contributed by atoms with Crippen LogP contribution in [0.5, 0.6) is 0 Å². The van der Waals surface area contributed by atoms with Crippen LogP contribution in [0.2, 0.25) is 5.02 Å². The third-order valence-corrected chi connectivity index (χ3v) is 3.21. The summed E-state index contributed by atoms with van der Waals surface area (Å²) in [6.07, 6.45) is 0.987. The summed E-state index contributed by atoms with van der Waals surface area (Å²) >= 11 is 7.37. The summed E-state index contributed by atoms with van der Waals surface area (Å²) in [6.45, 7) is 2.13. The molecule has 2 aromatic rings. The van der Waals surface area contributed by atoms with Gasteiger partial charge in [0.25, 0.3) is 0 Å². The SMILES string of the molecule is CCC(Nc1nncs1)c1ccc(Cl)cc1. The van der Waals surface area contributed by atoms with Crippen LogP contribution in [0.1, 0.15) is 24.9 Å². The smallest absolute Gasteiger partial charge is 0.205 e. The Morgan fingerprint density at radius 2 is 2.12 bits per heavy atom. The fourth-order valence-corrected chi connectivity index (χ4v) is 2.13. The van der Waals surface area contributed by atoms with Crippen molar-refractivity contribution in [3.8, 4) is 0 Å². The van der Waals surface area contributed by atoms with Crippen LogP contribution >= 0.6 is 22.9 Å². The molecule has 5 heteroatoms. The summed E-state index contributed by atoms with van der Waals surface area (Å²) in [7, 11) is 0. The Kier molecular flexibility index (Phi) is 3.74. The molecule has 1 aromatic carbocycles. The second kappa shape index (κ2) is 5.27. The first-order valence-corrected chi connectivity index (χ1v) is 6.33. The standard InChI is InChI=1S/C11H12ClN3S/c1-2-10(14-11-15-13-7-16-11)8-3-5-9(12)6-4-8/h3-7,10H,2H2,1H3,(H,14,15). The molecule has 0 saturated heterocycles. The molecule has 0 bridgehead atoms. The molecule has 1 heterocycles. The van der Waals surface area contributed by atoms with Crippen molar-refractivity contribution in [3.63, 3.8) is 0 Å². The predicted molar refractivity (Wildman–Crippen MR) is 68.0 cm³/mol. The van der Waals surface area contributed by atoms with Crippen LogP contribution in [0, 0.1) is 0 Å². The number of nitrogens with zero attached hydrogens (tertiary/aromatic N) is 2. The van der Waals surface area contributed by atoms with E-state index in [4.69, 9.17) is 11.6 Å². The largest absolute Gasteiger partial charge is 0.353 e. The van der Waals surface area contributed by atoms with Crippen LogP contribution in [0.4, 0.5) is 5.13 Å². The lowest BCUT2D eigenvalue weighted by molar-refractivity contribution is 0.746. The van der Waals surface area contributed by atoms with E-state index in [0.717, 1.165) is 16.6 Å². The molecule has 0 radical (unpaired) electrons. The lowest BCUT2D eigenvalue weighted by Crippen LogP contribution is -2.09. The van der Waals surface area contributed by atoms with E-state index in [2.05, 4.69) is 22.4 Å². The number of nitrogens with one attached hydrogen (secondary N) is 1. The summed E-state index contributed by atoms with van der Waals surface area (Å²) in [6, 6.07) is 8.13. The third kappa shape index (κ3) is 2.71. The molecule has 0 aliphatic carbocycles. The van der Waals surface area contributed by atoms with Crippen molar-refractivity contribution in [2.45, 2.75) is 19.4 Å². The average Bonchev–Trinajstić information content (AvgIpc) is 2.80. The summed E-state index contributed by atoms with van der Waals surface area (Å²) in [4.78, 5) is 0. The van der Waals surface area contributed by atoms with E-state index >= 15 is 0 Å². The van der Waals surface area contributed by atoms with Crippen molar-refractivity contribution in [1.29, 1.82) is 0 Å². The molecule has 1 atom stereocenters. The maximum Gasteiger partial charge on any atom is 0.205 e. The third-order valence-electron chi connectivity index (χ3n) is 2.34. The zero-order chi connectivity index (χ0) is 11.4. The van der Waals surface area contributed by atoms with Crippen LogP contribution < -0.4 is 5.32 Å². The highest BCUT2D eigenvalue weighted by molar-refractivity contribution is 7.13. The molecule has 0 saturated carbocycles. The van der Waals surface area contributed by atoms with Crippen LogP contribution in [0.25, 0.3) is 0 Å². The molecule has 84 valence electrons. The first-order chi connectivity index (χ1) is 7.79. The van der Waals surface area contributed by atoms with Gasteiger partial charge in [0, 0.05) is 5.02 Å². The van der Waals surface area contributed by atoms with Gasteiger partial charge in [-0.1, -0.05) is 42.0 Å². The van der Waals surface area contributed by atoms with Gasteiger partial charge in [0.1, 0.15) is 5.51 Å². The van der Waals surface area contributed by atoms with Crippen LogP contribution in [0.15, 0.2) is 29.8 Å². The van der Waals surface area contributed by atoms with Gasteiger partial charge in [-0.25, -0.2) is 0 Å². The zero-order valence-corrected chi connectivity index (χ0v) is 10.4. The highest BCUT2D eigenvalue weighted by Crippen LogP contribution is 2.24. The predicted octanol–water partition coefficient (Wildman–Crippen LogP) is 3.75. The minimum Gasteiger partial charge on any atom is -0.353 e. The van der Waals surface area contributed by atoms with Gasteiger partial charge in [-0.05, 0) is 24.1 Å². The van der Waals surface area contributed by atoms with E-state index in [1.165, 1.54) is 16.9 Å². The van der Waals surface area contributed by atoms with Crippen LogP contribution in [0.3, 0.4) is 0 Å². The van der Waals surface area contributed by atoms with Crippen LogP contribution in [-0.4, -0.2) is 10.2 Å². The van der Waals surface area contributed by atoms with Crippen molar-refractivity contribution >= 4 is 28.1 Å². The van der Waals surface area contributed by atoms with Gasteiger partial charge in [-0.2, -0.15) is 0 Å². The molecule has 16 heavy (non-hydrogen) atoms. The van der Waals surface area contributed by atoms with E-state index in [9.17, 15) is 0 Å². The van der Waals surface area contributed by atoms with Gasteiger partial charge in [-0.3, -0.25) is 0 Å². The maximum atomic E-state index is 5.86. The number of hydrogen-bond donors (Lipinski definition) is 1. The van der Waals surface area contributed by atoms with Gasteiger partial charge >= 0.3 is 0 Å². The Morgan fingerprint density at radius 3 is 2.69 bits per heavy atom. The number of hydrogen-bond acceptors (Lipinski definition) is 4.